The summed E-state index contributed by atoms with van der Waals surface area (Å²) < 4.78 is 50.5. The minimum Gasteiger partial charge on any atom is -0.298 e. The zero-order valence-electron chi connectivity index (χ0n) is 9.82. The van der Waals surface area contributed by atoms with E-state index in [1.54, 1.807) is 0 Å². The molecule has 104 valence electrons. The molecule has 0 aliphatic rings. The highest BCUT2D eigenvalue weighted by atomic mass is 32.2. The molecule has 0 bridgehead atoms. The van der Waals surface area contributed by atoms with Crippen LogP contribution in [0.4, 0.5) is 17.6 Å². The van der Waals surface area contributed by atoms with Crippen LogP contribution in [0.1, 0.15) is 15.9 Å². The van der Waals surface area contributed by atoms with Gasteiger partial charge in [0.05, 0.1) is 11.1 Å². The van der Waals surface area contributed by atoms with Gasteiger partial charge in [-0.05, 0) is 24.3 Å². The third kappa shape index (κ3) is 3.16. The Bertz CT molecular complexity index is 625. The molecule has 0 saturated heterocycles. The number of carbonyl (C=O) groups is 1. The number of rotatable bonds is 3. The van der Waals surface area contributed by atoms with Gasteiger partial charge in [-0.1, -0.05) is 17.8 Å². The molecule has 1 heterocycles. The molecule has 1 aromatic heterocycles. The third-order valence-corrected chi connectivity index (χ3v) is 3.44. The van der Waals surface area contributed by atoms with Gasteiger partial charge in [-0.25, -0.2) is 9.37 Å². The average molecular weight is 301 g/mol. The SMILES string of the molecule is O=Cc1c(F)cccc1Sc1ccc(C(F)(F)F)cn1. The van der Waals surface area contributed by atoms with Gasteiger partial charge in [0.2, 0.25) is 0 Å². The van der Waals surface area contributed by atoms with E-state index in [1.165, 1.54) is 18.2 Å². The summed E-state index contributed by atoms with van der Waals surface area (Å²) in [6.45, 7) is 0. The van der Waals surface area contributed by atoms with Crippen molar-refractivity contribution in [2.24, 2.45) is 0 Å². The summed E-state index contributed by atoms with van der Waals surface area (Å²) >= 11 is 0.923. The number of nitrogens with zero attached hydrogens (tertiary/aromatic N) is 1. The van der Waals surface area contributed by atoms with Crippen LogP contribution >= 0.6 is 11.8 Å². The summed E-state index contributed by atoms with van der Waals surface area (Å²) in [5.41, 5.74) is -1.00. The van der Waals surface area contributed by atoms with Gasteiger partial charge in [-0.3, -0.25) is 4.79 Å². The van der Waals surface area contributed by atoms with Gasteiger partial charge in [0.15, 0.2) is 6.29 Å². The Morgan fingerprint density at radius 1 is 1.15 bits per heavy atom. The molecule has 1 aromatic carbocycles. The van der Waals surface area contributed by atoms with Crippen molar-refractivity contribution in [3.8, 4) is 0 Å². The van der Waals surface area contributed by atoms with Crippen LogP contribution < -0.4 is 0 Å². The number of benzene rings is 1. The van der Waals surface area contributed by atoms with E-state index in [0.29, 0.717) is 17.4 Å². The molecule has 2 nitrogen and oxygen atoms in total. The van der Waals surface area contributed by atoms with Gasteiger partial charge in [-0.2, -0.15) is 13.2 Å². The Labute approximate surface area is 115 Å². The second-order valence-electron chi connectivity index (χ2n) is 3.75. The minimum atomic E-state index is -4.46. The molecule has 2 rings (SSSR count). The monoisotopic (exact) mass is 301 g/mol. The van der Waals surface area contributed by atoms with E-state index in [4.69, 9.17) is 0 Å². The fraction of sp³-hybridized carbons (Fsp3) is 0.0769. The summed E-state index contributed by atoms with van der Waals surface area (Å²) in [4.78, 5) is 14.7. The molecular formula is C13H7F4NOS. The van der Waals surface area contributed by atoms with Crippen molar-refractivity contribution in [1.29, 1.82) is 0 Å². The van der Waals surface area contributed by atoms with Gasteiger partial charge < -0.3 is 0 Å². The lowest BCUT2D eigenvalue weighted by molar-refractivity contribution is -0.137. The van der Waals surface area contributed by atoms with Crippen molar-refractivity contribution in [2.45, 2.75) is 16.1 Å². The van der Waals surface area contributed by atoms with E-state index in [9.17, 15) is 22.4 Å². The van der Waals surface area contributed by atoms with E-state index in [1.807, 2.05) is 0 Å². The third-order valence-electron chi connectivity index (χ3n) is 2.41. The quantitative estimate of drug-likeness (QED) is 0.628. The number of pyridine rings is 1. The van der Waals surface area contributed by atoms with Crippen LogP contribution in [0.25, 0.3) is 0 Å². The molecule has 0 aliphatic carbocycles. The van der Waals surface area contributed by atoms with Crippen LogP contribution in [-0.4, -0.2) is 11.3 Å². The Morgan fingerprint density at radius 3 is 2.45 bits per heavy atom. The number of aromatic nitrogens is 1. The zero-order chi connectivity index (χ0) is 14.8. The van der Waals surface area contributed by atoms with Gasteiger partial charge in [-0.15, -0.1) is 0 Å². The normalized spacial score (nSPS) is 11.4. The van der Waals surface area contributed by atoms with Crippen molar-refractivity contribution in [3.05, 3.63) is 53.5 Å². The molecule has 20 heavy (non-hydrogen) atoms. The van der Waals surface area contributed by atoms with E-state index in [-0.39, 0.29) is 10.6 Å². The molecule has 0 unspecified atom stereocenters. The molecule has 0 amide bonds. The minimum absolute atomic E-state index is 0.140. The topological polar surface area (TPSA) is 30.0 Å². The lowest BCUT2D eigenvalue weighted by Crippen LogP contribution is -2.05. The summed E-state index contributed by atoms with van der Waals surface area (Å²) in [6, 6.07) is 6.10. The summed E-state index contributed by atoms with van der Waals surface area (Å²) in [5.74, 6) is -0.683. The van der Waals surface area contributed by atoms with Crippen molar-refractivity contribution < 1.29 is 22.4 Å². The maximum Gasteiger partial charge on any atom is 0.417 e. The van der Waals surface area contributed by atoms with Crippen LogP contribution in [0.3, 0.4) is 0 Å². The molecule has 0 saturated carbocycles. The van der Waals surface area contributed by atoms with Crippen LogP contribution in [0, 0.1) is 5.82 Å². The first-order chi connectivity index (χ1) is 9.41. The van der Waals surface area contributed by atoms with E-state index in [0.717, 1.165) is 23.9 Å². The van der Waals surface area contributed by atoms with Crippen molar-refractivity contribution in [3.63, 3.8) is 0 Å². The zero-order valence-corrected chi connectivity index (χ0v) is 10.6. The Kier molecular flexibility index (Phi) is 4.08. The number of hydrogen-bond donors (Lipinski definition) is 0. The second-order valence-corrected chi connectivity index (χ2v) is 4.82. The molecule has 0 spiro atoms. The molecule has 0 radical (unpaired) electrons. The van der Waals surface area contributed by atoms with E-state index in [2.05, 4.69) is 4.98 Å². The molecule has 0 atom stereocenters. The Morgan fingerprint density at radius 2 is 1.90 bits per heavy atom. The fourth-order valence-corrected chi connectivity index (χ4v) is 2.31. The Hall–Kier alpha value is -1.89. The lowest BCUT2D eigenvalue weighted by Gasteiger charge is -2.07. The maximum absolute atomic E-state index is 13.4. The largest absolute Gasteiger partial charge is 0.417 e. The highest BCUT2D eigenvalue weighted by Gasteiger charge is 2.30. The predicted octanol–water partition coefficient (Wildman–Crippen LogP) is 4.20. The lowest BCUT2D eigenvalue weighted by atomic mass is 10.2. The highest BCUT2D eigenvalue weighted by molar-refractivity contribution is 7.99. The Balaban J connectivity index is 2.27. The van der Waals surface area contributed by atoms with Crippen molar-refractivity contribution in [1.82, 2.24) is 4.98 Å². The van der Waals surface area contributed by atoms with Crippen LogP contribution in [0.15, 0.2) is 46.5 Å². The first kappa shape index (κ1) is 14.5. The number of hydrogen-bond acceptors (Lipinski definition) is 3. The summed E-state index contributed by atoms with van der Waals surface area (Å²) in [6.07, 6.45) is -3.40. The smallest absolute Gasteiger partial charge is 0.298 e. The van der Waals surface area contributed by atoms with Crippen LogP contribution in [0.5, 0.6) is 0 Å². The number of alkyl halides is 3. The first-order valence-corrected chi connectivity index (χ1v) is 6.18. The average Bonchev–Trinajstić information content (AvgIpc) is 2.38. The van der Waals surface area contributed by atoms with Crippen molar-refractivity contribution in [2.75, 3.05) is 0 Å². The van der Waals surface area contributed by atoms with Gasteiger partial charge in [0, 0.05) is 11.1 Å². The van der Waals surface area contributed by atoms with E-state index >= 15 is 0 Å². The molecule has 2 aromatic rings. The van der Waals surface area contributed by atoms with Gasteiger partial charge >= 0.3 is 6.18 Å². The summed E-state index contributed by atoms with van der Waals surface area (Å²) in [5, 5.41) is 0.242. The van der Waals surface area contributed by atoms with E-state index < -0.39 is 17.6 Å². The predicted molar refractivity (Wildman–Crippen MR) is 65.1 cm³/mol. The molecule has 0 N–H and O–H groups in total. The number of aldehydes is 1. The second kappa shape index (κ2) is 5.62. The summed E-state index contributed by atoms with van der Waals surface area (Å²) in [7, 11) is 0. The maximum atomic E-state index is 13.4. The fourth-order valence-electron chi connectivity index (χ4n) is 1.44. The first-order valence-electron chi connectivity index (χ1n) is 5.36. The van der Waals surface area contributed by atoms with Gasteiger partial charge in [0.1, 0.15) is 10.8 Å². The van der Waals surface area contributed by atoms with Crippen LogP contribution in [-0.2, 0) is 6.18 Å². The molecule has 0 fully saturated rings. The standard InChI is InChI=1S/C13H7F4NOS/c14-10-2-1-3-11(9(10)7-19)20-12-5-4-8(6-18-12)13(15,16)17/h1-7H. The van der Waals surface area contributed by atoms with Crippen LogP contribution in [0.2, 0.25) is 0 Å². The van der Waals surface area contributed by atoms with Crippen molar-refractivity contribution >= 4 is 18.0 Å². The molecule has 0 aliphatic heterocycles. The molecular weight excluding hydrogens is 294 g/mol. The number of halogens is 4. The number of carbonyl (C=O) groups excluding carboxylic acids is 1. The van der Waals surface area contributed by atoms with Gasteiger partial charge in [0.25, 0.3) is 0 Å². The highest BCUT2D eigenvalue weighted by Crippen LogP contribution is 2.32. The molecule has 7 heteroatoms.